The molecule has 32 nitrogen and oxygen atoms in total. The maximum Gasteiger partial charge on any atom is 0.303 e. The van der Waals surface area contributed by atoms with Crippen molar-refractivity contribution in [2.45, 2.75) is 291 Å². The molecule has 13 atom stereocenters. The van der Waals surface area contributed by atoms with Crippen molar-refractivity contribution in [3.05, 3.63) is 35.9 Å². The summed E-state index contributed by atoms with van der Waals surface area (Å²) in [5, 5.41) is 39.6. The number of nitrogens with two attached hydrogens (primary N) is 5. The minimum atomic E-state index is -1.59. The summed E-state index contributed by atoms with van der Waals surface area (Å²) in [4.78, 5) is 196. The second kappa shape index (κ2) is 49.6. The van der Waals surface area contributed by atoms with E-state index in [1.165, 1.54) is 11.8 Å². The highest BCUT2D eigenvalue weighted by molar-refractivity contribution is 6.00. The van der Waals surface area contributed by atoms with Crippen LogP contribution in [-0.2, 0) is 73.5 Å². The second-order valence-corrected chi connectivity index (χ2v) is 30.8. The Morgan fingerprint density at radius 3 is 1.18 bits per heavy atom. The van der Waals surface area contributed by atoms with Crippen molar-refractivity contribution in [1.82, 2.24) is 63.4 Å². The molecule has 0 spiro atoms. The summed E-state index contributed by atoms with van der Waals surface area (Å²) < 4.78 is 0. The van der Waals surface area contributed by atoms with E-state index in [2.05, 4.69) is 58.5 Å². The summed E-state index contributed by atoms with van der Waals surface area (Å²) >= 11 is 0. The van der Waals surface area contributed by atoms with E-state index in [1.807, 2.05) is 71.9 Å². The van der Waals surface area contributed by atoms with Crippen LogP contribution in [-0.4, -0.2) is 197 Å². The number of carboxylic acids is 1. The molecular formula is C75H131N17O15. The maximum absolute atomic E-state index is 14.6. The minimum absolute atomic E-state index is 0.0133. The molecule has 0 aliphatic carbocycles. The Morgan fingerprint density at radius 2 is 0.776 bits per heavy atom. The molecule has 1 aliphatic rings. The smallest absolute Gasteiger partial charge is 0.303 e. The van der Waals surface area contributed by atoms with Crippen LogP contribution in [0.15, 0.2) is 30.3 Å². The average molecular weight is 1510 g/mol. The fourth-order valence-electron chi connectivity index (χ4n) is 12.4. The molecule has 0 aromatic heterocycles. The fourth-order valence-corrected chi connectivity index (χ4v) is 12.4. The van der Waals surface area contributed by atoms with E-state index in [4.69, 9.17) is 28.7 Å². The summed E-state index contributed by atoms with van der Waals surface area (Å²) in [6.07, 6.45) is 3.11. The first-order valence-corrected chi connectivity index (χ1v) is 38.4. The Balaban J connectivity index is 2.40. The first-order chi connectivity index (χ1) is 50.3. The van der Waals surface area contributed by atoms with Gasteiger partial charge in [0.05, 0.1) is 6.04 Å². The van der Waals surface area contributed by atoms with Crippen LogP contribution in [0.2, 0.25) is 0 Å². The Labute approximate surface area is 632 Å². The van der Waals surface area contributed by atoms with Gasteiger partial charge in [0.15, 0.2) is 0 Å². The lowest BCUT2D eigenvalue weighted by Crippen LogP contribution is -2.61. The van der Waals surface area contributed by atoms with Crippen LogP contribution in [0.3, 0.4) is 0 Å². The highest BCUT2D eigenvalue weighted by Crippen LogP contribution is 2.23. The van der Waals surface area contributed by atoms with Gasteiger partial charge in [0.25, 0.3) is 0 Å². The minimum Gasteiger partial charge on any atom is -0.481 e. The van der Waals surface area contributed by atoms with Crippen molar-refractivity contribution in [3.8, 4) is 0 Å². The molecule has 606 valence electrons. The molecule has 1 fully saturated rings. The topological polar surface area (TPSA) is 525 Å². The highest BCUT2D eigenvalue weighted by Gasteiger charge is 2.41. The van der Waals surface area contributed by atoms with Gasteiger partial charge in [0, 0.05) is 13.0 Å². The number of carbonyl (C=O) groups is 14. The van der Waals surface area contributed by atoms with Gasteiger partial charge in [-0.2, -0.15) is 0 Å². The lowest BCUT2D eigenvalue weighted by atomic mass is 9.98. The number of likely N-dealkylation sites (tertiary alicyclic amines) is 1. The van der Waals surface area contributed by atoms with Crippen molar-refractivity contribution in [1.29, 1.82) is 0 Å². The lowest BCUT2D eigenvalue weighted by molar-refractivity contribution is -0.142. The number of amides is 13. The molecule has 32 heteroatoms. The van der Waals surface area contributed by atoms with Gasteiger partial charge in [-0.15, -0.1) is 0 Å². The Hall–Kier alpha value is -8.36. The van der Waals surface area contributed by atoms with E-state index in [0.29, 0.717) is 44.9 Å². The van der Waals surface area contributed by atoms with Gasteiger partial charge in [-0.3, -0.25) is 67.1 Å². The van der Waals surface area contributed by atoms with E-state index >= 15 is 0 Å². The van der Waals surface area contributed by atoms with Gasteiger partial charge in [-0.25, -0.2) is 0 Å². The van der Waals surface area contributed by atoms with Crippen LogP contribution < -0.4 is 87.2 Å². The van der Waals surface area contributed by atoms with Crippen LogP contribution >= 0.6 is 0 Å². The second-order valence-electron chi connectivity index (χ2n) is 30.8. The molecule has 13 amide bonds. The quantitative estimate of drug-likeness (QED) is 0.0395. The van der Waals surface area contributed by atoms with Gasteiger partial charge in [-0.05, 0) is 183 Å². The first kappa shape index (κ1) is 94.7. The van der Waals surface area contributed by atoms with Crippen molar-refractivity contribution >= 4 is 82.8 Å². The molecule has 0 radical (unpaired) electrons. The van der Waals surface area contributed by atoms with Gasteiger partial charge in [-0.1, -0.05) is 113 Å². The number of benzene rings is 1. The third kappa shape index (κ3) is 35.9. The summed E-state index contributed by atoms with van der Waals surface area (Å²) in [6, 6.07) is -6.66. The van der Waals surface area contributed by atoms with Gasteiger partial charge in [0.2, 0.25) is 76.8 Å². The summed E-state index contributed by atoms with van der Waals surface area (Å²) in [6.45, 7) is 23.9. The zero-order valence-electron chi connectivity index (χ0n) is 65.6. The number of nitrogens with one attached hydrogen (secondary N) is 11. The van der Waals surface area contributed by atoms with Crippen LogP contribution in [0.1, 0.15) is 211 Å². The molecule has 0 saturated carbocycles. The number of unbranched alkanes of at least 4 members (excludes halogenated alkanes) is 3. The molecule has 0 unspecified atom stereocenters. The van der Waals surface area contributed by atoms with E-state index in [0.717, 1.165) is 5.56 Å². The molecular weight excluding hydrogens is 1380 g/mol. The van der Waals surface area contributed by atoms with E-state index in [1.54, 1.807) is 41.5 Å². The van der Waals surface area contributed by atoms with Crippen molar-refractivity contribution in [2.24, 2.45) is 64.2 Å². The van der Waals surface area contributed by atoms with Crippen LogP contribution in [0.5, 0.6) is 0 Å². The molecule has 0 bridgehead atoms. The number of hydrogen-bond acceptors (Lipinski definition) is 18. The molecule has 22 N–H and O–H groups in total. The average Bonchev–Trinajstić information content (AvgIpc) is 1.74. The van der Waals surface area contributed by atoms with Gasteiger partial charge >= 0.3 is 5.97 Å². The Bertz CT molecular complexity index is 3030. The van der Waals surface area contributed by atoms with Gasteiger partial charge in [0.1, 0.15) is 72.5 Å². The normalized spacial score (nSPS) is 16.3. The van der Waals surface area contributed by atoms with Crippen molar-refractivity contribution < 1.29 is 72.2 Å². The number of hydrogen-bond donors (Lipinski definition) is 17. The lowest BCUT2D eigenvalue weighted by Gasteiger charge is -2.31. The van der Waals surface area contributed by atoms with Crippen molar-refractivity contribution in [2.75, 3.05) is 26.2 Å². The van der Waals surface area contributed by atoms with Crippen molar-refractivity contribution in [3.63, 3.8) is 0 Å². The molecule has 107 heavy (non-hydrogen) atoms. The third-order valence-corrected chi connectivity index (χ3v) is 18.2. The summed E-state index contributed by atoms with van der Waals surface area (Å²) in [5.74, 6) is -12.2. The molecule has 1 saturated heterocycles. The van der Waals surface area contributed by atoms with Gasteiger partial charge < -0.3 is 97.2 Å². The monoisotopic (exact) mass is 1510 g/mol. The number of carboxylic acid groups (broad SMARTS) is 1. The predicted octanol–water partition coefficient (Wildman–Crippen LogP) is 0.524. The van der Waals surface area contributed by atoms with Crippen LogP contribution in [0.4, 0.5) is 0 Å². The zero-order chi connectivity index (χ0) is 80.8. The zero-order valence-corrected chi connectivity index (χ0v) is 65.6. The number of aliphatic carboxylic acids is 1. The molecule has 1 aromatic carbocycles. The fraction of sp³-hybridized carbons (Fsp3) is 0.733. The Kier molecular flexibility index (Phi) is 43.9. The number of primary amides is 1. The van der Waals surface area contributed by atoms with E-state index in [-0.39, 0.29) is 120 Å². The van der Waals surface area contributed by atoms with Crippen LogP contribution in [0, 0.1) is 35.5 Å². The maximum atomic E-state index is 14.6. The molecule has 2 rings (SSSR count). The van der Waals surface area contributed by atoms with E-state index < -0.39 is 180 Å². The summed E-state index contributed by atoms with van der Waals surface area (Å²) in [7, 11) is 0. The molecule has 1 aliphatic heterocycles. The highest BCUT2D eigenvalue weighted by atomic mass is 16.4. The van der Waals surface area contributed by atoms with E-state index in [9.17, 15) is 72.2 Å². The first-order valence-electron chi connectivity index (χ1n) is 38.4. The predicted molar refractivity (Wildman–Crippen MR) is 407 cm³/mol. The Morgan fingerprint density at radius 1 is 0.421 bits per heavy atom. The molecule has 1 heterocycles. The SMILES string of the molecule is CC(C)C[C@H](NC(=O)[C@H](CC(C)C)NC(=O)[C@H](CCCCN)NC(=O)[C@H](CCC(=O)O)NC(=O)[C@H](CC(C)C)NC(=O)[C@H](CC(C)C)NC(=O)[C@H](CCCCN)NC(=O)[C@H](C)NC(=O)[C@@H](NC(=O)[C@H](CCCCN)NC(=O)[C@@H]1CCCN1C(=O)[C@H](CC(C)C)NC(=O)[C@@H](N)Cc1ccccc1)C(C)C)C(N)=O. The number of carbonyl (C=O) groups excluding carboxylic acids is 13. The largest absolute Gasteiger partial charge is 0.481 e. The number of rotatable bonds is 52. The number of nitrogens with zero attached hydrogens (tertiary/aromatic N) is 1. The standard InChI is InChI=1S/C75H131N17O15/c1-42(2)36-55(63(80)95)86-71(103)57(38-44(5)6)87-67(99)52(27-18-21-33-77)83-68(100)54(30-31-61(93)94)84-70(102)56(37-43(3)4)89-72(104)58(39-45(7)8)88-66(98)51(26-17-20-32-76)82-64(96)48(13)81-74(106)62(47(11)12)91-69(101)53(28-19-22-34-78)85-73(105)60-29-23-35-92(60)75(107)59(40-46(9)10)90-65(97)50(79)41-49-24-15-14-16-25-49/h14-16,24-25,42-48,50-60,62H,17-23,26-41,76-79H2,1-13H3,(H2,80,95)(H,81,106)(H,82,96)(H,83,100)(H,84,102)(H,85,105)(H,86,103)(H,87,99)(H,88,98)(H,89,104)(H,90,97)(H,91,101)(H,93,94)/t48-,50-,51-,52-,53-,54-,55-,56-,57-,58-,59-,60-,62-/m0/s1. The molecule has 1 aromatic rings. The van der Waals surface area contributed by atoms with Crippen LogP contribution in [0.25, 0.3) is 0 Å². The third-order valence-electron chi connectivity index (χ3n) is 18.2. The summed E-state index contributed by atoms with van der Waals surface area (Å²) in [5.41, 5.74) is 30.2.